The average molecular weight is 252 g/mol. The van der Waals surface area contributed by atoms with Gasteiger partial charge < -0.3 is 9.47 Å². The molecule has 0 amide bonds. The molecule has 2 aliphatic rings. The Kier molecular flexibility index (Phi) is 4.60. The van der Waals surface area contributed by atoms with Crippen molar-refractivity contribution < 1.29 is 9.47 Å². The Labute approximate surface area is 110 Å². The number of ether oxygens (including phenoxy) is 2. The number of hydrogen-bond acceptors (Lipinski definition) is 4. The zero-order valence-corrected chi connectivity index (χ0v) is 11.4. The van der Waals surface area contributed by atoms with Crippen molar-refractivity contribution in [2.75, 3.05) is 13.7 Å². The average Bonchev–Trinajstić information content (AvgIpc) is 3.20. The van der Waals surface area contributed by atoms with Crippen LogP contribution in [0.1, 0.15) is 45.4 Å². The Morgan fingerprint density at radius 1 is 1.28 bits per heavy atom. The highest BCUT2D eigenvalue weighted by Gasteiger charge is 2.34. The molecular formula is C14H24N2O2. The molecule has 0 aromatic heterocycles. The molecule has 2 fully saturated rings. The van der Waals surface area contributed by atoms with Gasteiger partial charge in [-0.05, 0) is 45.4 Å². The molecule has 0 bridgehead atoms. The number of nitrogens with zero attached hydrogens (tertiary/aromatic N) is 1. The maximum Gasteiger partial charge on any atom is 0.127 e. The molecule has 2 aliphatic carbocycles. The fourth-order valence-electron chi connectivity index (χ4n) is 2.54. The molecule has 0 aromatic rings. The summed E-state index contributed by atoms with van der Waals surface area (Å²) >= 11 is 0. The van der Waals surface area contributed by atoms with Crippen LogP contribution in [0.3, 0.4) is 0 Å². The van der Waals surface area contributed by atoms with Crippen LogP contribution in [-0.2, 0) is 9.47 Å². The van der Waals surface area contributed by atoms with Crippen LogP contribution in [0.2, 0.25) is 0 Å². The topological polar surface area (TPSA) is 54.3 Å². The number of nitrogens with one attached hydrogen (secondary N) is 1. The summed E-state index contributed by atoms with van der Waals surface area (Å²) in [6.45, 7) is 2.41. The van der Waals surface area contributed by atoms with E-state index in [9.17, 15) is 5.26 Å². The molecule has 2 saturated carbocycles. The summed E-state index contributed by atoms with van der Waals surface area (Å²) in [5.74, 6) is 0. The molecule has 2 rings (SSSR count). The zero-order valence-electron chi connectivity index (χ0n) is 11.4. The van der Waals surface area contributed by atoms with Crippen LogP contribution < -0.4 is 5.32 Å². The van der Waals surface area contributed by atoms with Crippen molar-refractivity contribution in [3.05, 3.63) is 0 Å². The van der Waals surface area contributed by atoms with Crippen LogP contribution in [0, 0.1) is 11.3 Å². The summed E-state index contributed by atoms with van der Waals surface area (Å²) in [5.41, 5.74) is -0.540. The second-order valence-electron chi connectivity index (χ2n) is 5.82. The Balaban J connectivity index is 1.76. The molecule has 1 N–H and O–H groups in total. The second-order valence-corrected chi connectivity index (χ2v) is 5.82. The molecule has 0 aliphatic heterocycles. The first kappa shape index (κ1) is 13.8. The molecule has 0 aromatic carbocycles. The van der Waals surface area contributed by atoms with Gasteiger partial charge in [0.2, 0.25) is 0 Å². The first-order valence-electron chi connectivity index (χ1n) is 6.98. The lowest BCUT2D eigenvalue weighted by Crippen LogP contribution is -2.47. The number of rotatable bonds is 6. The predicted octanol–water partition coefficient (Wildman–Crippen LogP) is 1.99. The highest BCUT2D eigenvalue weighted by molar-refractivity contribution is 5.07. The van der Waals surface area contributed by atoms with Gasteiger partial charge in [-0.25, -0.2) is 0 Å². The van der Waals surface area contributed by atoms with Crippen LogP contribution >= 0.6 is 0 Å². The molecule has 18 heavy (non-hydrogen) atoms. The van der Waals surface area contributed by atoms with Crippen molar-refractivity contribution in [2.24, 2.45) is 0 Å². The van der Waals surface area contributed by atoms with Crippen molar-refractivity contribution in [1.82, 2.24) is 5.32 Å². The first-order valence-corrected chi connectivity index (χ1v) is 6.98. The van der Waals surface area contributed by atoms with E-state index in [1.54, 1.807) is 7.11 Å². The van der Waals surface area contributed by atoms with E-state index in [1.807, 2.05) is 6.92 Å². The highest BCUT2D eigenvalue weighted by atomic mass is 16.5. The molecule has 3 unspecified atom stereocenters. The molecule has 0 heterocycles. The summed E-state index contributed by atoms with van der Waals surface area (Å²) in [5, 5.41) is 12.6. The van der Waals surface area contributed by atoms with Crippen LogP contribution in [-0.4, -0.2) is 37.5 Å². The van der Waals surface area contributed by atoms with E-state index in [0.717, 1.165) is 25.7 Å². The maximum absolute atomic E-state index is 9.27. The zero-order chi connectivity index (χ0) is 13.0. The molecule has 0 spiro atoms. The van der Waals surface area contributed by atoms with Crippen LogP contribution in [0.4, 0.5) is 0 Å². The fourth-order valence-corrected chi connectivity index (χ4v) is 2.54. The summed E-state index contributed by atoms with van der Waals surface area (Å²) in [6, 6.07) is 2.87. The van der Waals surface area contributed by atoms with Crippen LogP contribution in [0.25, 0.3) is 0 Å². The number of nitriles is 1. The van der Waals surface area contributed by atoms with Crippen molar-refractivity contribution in [2.45, 2.75) is 69.2 Å². The lowest BCUT2D eigenvalue weighted by molar-refractivity contribution is -0.0406. The van der Waals surface area contributed by atoms with Crippen molar-refractivity contribution in [3.63, 3.8) is 0 Å². The van der Waals surface area contributed by atoms with Gasteiger partial charge in [-0.2, -0.15) is 5.26 Å². The van der Waals surface area contributed by atoms with E-state index < -0.39 is 5.54 Å². The minimum atomic E-state index is -0.540. The lowest BCUT2D eigenvalue weighted by atomic mass is 9.94. The molecule has 3 atom stereocenters. The first-order chi connectivity index (χ1) is 8.65. The van der Waals surface area contributed by atoms with Gasteiger partial charge in [0.05, 0.1) is 24.9 Å². The Morgan fingerprint density at radius 3 is 2.61 bits per heavy atom. The predicted molar refractivity (Wildman–Crippen MR) is 69.2 cm³/mol. The molecule has 0 saturated heterocycles. The maximum atomic E-state index is 9.27. The van der Waals surface area contributed by atoms with E-state index >= 15 is 0 Å². The molecule has 4 nitrogen and oxygen atoms in total. The van der Waals surface area contributed by atoms with Crippen molar-refractivity contribution in [1.29, 1.82) is 5.26 Å². The summed E-state index contributed by atoms with van der Waals surface area (Å²) in [6.07, 6.45) is 7.28. The molecular weight excluding hydrogens is 228 g/mol. The standard InChI is InChI=1S/C14H24N2O2/c1-14(9-15,16-11-6-7-11)10-18-13-5-3-4-12(8-13)17-2/h11-13,16H,3-8,10H2,1-2H3. The Hall–Kier alpha value is -0.630. The molecule has 102 valence electrons. The van der Waals surface area contributed by atoms with E-state index in [4.69, 9.17) is 9.47 Å². The SMILES string of the molecule is COC1CCCC(OCC(C)(C#N)NC2CC2)C1. The van der Waals surface area contributed by atoms with Crippen LogP contribution in [0.5, 0.6) is 0 Å². The molecule has 4 heteroatoms. The number of methoxy groups -OCH3 is 1. The highest BCUT2D eigenvalue weighted by Crippen LogP contribution is 2.25. The van der Waals surface area contributed by atoms with Crippen LogP contribution in [0.15, 0.2) is 0 Å². The van der Waals surface area contributed by atoms with E-state index in [1.165, 1.54) is 12.8 Å². The van der Waals surface area contributed by atoms with Gasteiger partial charge in [0, 0.05) is 13.2 Å². The van der Waals surface area contributed by atoms with Crippen molar-refractivity contribution in [3.8, 4) is 6.07 Å². The Bertz CT molecular complexity index is 311. The van der Waals surface area contributed by atoms with Gasteiger partial charge in [-0.3, -0.25) is 5.32 Å². The third kappa shape index (κ3) is 3.94. The molecule has 0 radical (unpaired) electrons. The number of hydrogen-bond donors (Lipinski definition) is 1. The quantitative estimate of drug-likeness (QED) is 0.785. The van der Waals surface area contributed by atoms with Crippen molar-refractivity contribution >= 4 is 0 Å². The largest absolute Gasteiger partial charge is 0.381 e. The second kappa shape index (κ2) is 6.01. The van der Waals surface area contributed by atoms with Gasteiger partial charge in [-0.15, -0.1) is 0 Å². The normalized spacial score (nSPS) is 31.6. The van der Waals surface area contributed by atoms with Gasteiger partial charge >= 0.3 is 0 Å². The van der Waals surface area contributed by atoms with Gasteiger partial charge in [0.1, 0.15) is 5.54 Å². The van der Waals surface area contributed by atoms with Gasteiger partial charge in [0.25, 0.3) is 0 Å². The smallest absolute Gasteiger partial charge is 0.127 e. The lowest BCUT2D eigenvalue weighted by Gasteiger charge is -2.31. The third-order valence-corrected chi connectivity index (χ3v) is 3.87. The minimum Gasteiger partial charge on any atom is -0.381 e. The summed E-state index contributed by atoms with van der Waals surface area (Å²) in [7, 11) is 1.76. The van der Waals surface area contributed by atoms with Gasteiger partial charge in [0.15, 0.2) is 0 Å². The van der Waals surface area contributed by atoms with Gasteiger partial charge in [-0.1, -0.05) is 0 Å². The van der Waals surface area contributed by atoms with E-state index in [-0.39, 0.29) is 6.10 Å². The monoisotopic (exact) mass is 252 g/mol. The summed E-state index contributed by atoms with van der Waals surface area (Å²) in [4.78, 5) is 0. The van der Waals surface area contributed by atoms with E-state index in [0.29, 0.717) is 18.8 Å². The summed E-state index contributed by atoms with van der Waals surface area (Å²) < 4.78 is 11.3. The minimum absolute atomic E-state index is 0.248. The third-order valence-electron chi connectivity index (χ3n) is 3.87. The van der Waals surface area contributed by atoms with E-state index in [2.05, 4.69) is 11.4 Å². The Morgan fingerprint density at radius 2 is 2.00 bits per heavy atom. The fraction of sp³-hybridized carbons (Fsp3) is 0.929.